The molecule has 9 nitrogen and oxygen atoms in total. The Morgan fingerprint density at radius 1 is 1.60 bits per heavy atom. The Morgan fingerprint density at radius 3 is 2.70 bits per heavy atom. The van der Waals surface area contributed by atoms with Gasteiger partial charge in [-0.05, 0) is 12.3 Å². The van der Waals surface area contributed by atoms with Gasteiger partial charge in [0.05, 0.1) is 10.6 Å². The monoisotopic (exact) mass is 296 g/mol. The summed E-state index contributed by atoms with van der Waals surface area (Å²) in [5.74, 6) is -2.47. The number of aromatic hydroxyl groups is 1. The van der Waals surface area contributed by atoms with Crippen molar-refractivity contribution in [2.75, 3.05) is 6.26 Å². The average molecular weight is 296 g/mol. The summed E-state index contributed by atoms with van der Waals surface area (Å²) < 4.78 is 0. The molecule has 0 aliphatic rings. The minimum Gasteiger partial charge on any atom is -0.501 e. The molecule has 20 heavy (non-hydrogen) atoms. The Hall–Kier alpha value is -2.80. The molecule has 0 atom stereocenters. The van der Waals surface area contributed by atoms with Gasteiger partial charge in [0, 0.05) is 6.07 Å². The number of hydrogen-bond acceptors (Lipinski definition) is 7. The number of thioether (sulfide) groups is 1. The number of benzene rings is 1. The molecule has 1 aromatic carbocycles. The Labute approximate surface area is 116 Å². The lowest BCUT2D eigenvalue weighted by atomic mass is 10.1. The zero-order valence-corrected chi connectivity index (χ0v) is 10.8. The van der Waals surface area contributed by atoms with Crippen molar-refractivity contribution in [1.29, 1.82) is 5.26 Å². The third kappa shape index (κ3) is 3.36. The highest BCUT2D eigenvalue weighted by Crippen LogP contribution is 2.34. The van der Waals surface area contributed by atoms with Crippen LogP contribution in [0.2, 0.25) is 0 Å². The van der Waals surface area contributed by atoms with E-state index >= 15 is 0 Å². The van der Waals surface area contributed by atoms with Gasteiger partial charge in [0.25, 0.3) is 0 Å². The second kappa shape index (κ2) is 6.39. The van der Waals surface area contributed by atoms with Crippen LogP contribution in [0.3, 0.4) is 0 Å². The van der Waals surface area contributed by atoms with Gasteiger partial charge in [-0.1, -0.05) is 11.8 Å². The van der Waals surface area contributed by atoms with Gasteiger partial charge in [-0.2, -0.15) is 5.26 Å². The Balaban J connectivity index is 3.46. The molecule has 3 N–H and O–H groups in total. The maximum Gasteiger partial charge on any atom is 0.339 e. The average Bonchev–Trinajstić information content (AvgIpc) is 2.39. The molecule has 0 amide bonds. The summed E-state index contributed by atoms with van der Waals surface area (Å²) in [6.07, 6.45) is 3.23. The summed E-state index contributed by atoms with van der Waals surface area (Å²) in [6.45, 7) is 0. The van der Waals surface area contributed by atoms with E-state index in [2.05, 4.69) is 10.3 Å². The number of carboxylic acids is 1. The van der Waals surface area contributed by atoms with Gasteiger partial charge in [0.15, 0.2) is 11.4 Å². The third-order valence-corrected chi connectivity index (χ3v) is 2.67. The fourth-order valence-corrected chi connectivity index (χ4v) is 1.61. The molecule has 0 fully saturated rings. The molecular formula is C10H8N4O5S. The second-order valence-electron chi connectivity index (χ2n) is 3.28. The molecule has 0 radical (unpaired) electrons. The molecule has 104 valence electrons. The van der Waals surface area contributed by atoms with E-state index in [-0.39, 0.29) is 10.9 Å². The van der Waals surface area contributed by atoms with Crippen molar-refractivity contribution in [3.8, 4) is 11.9 Å². The number of nitro groups is 1. The molecule has 10 heteroatoms. The SMILES string of the molecule is CSC(=Nc1cc(C(=O)O)c(O)c([N+](=O)[O-])c1)NC#N. The Morgan fingerprint density at radius 2 is 2.25 bits per heavy atom. The highest BCUT2D eigenvalue weighted by atomic mass is 32.2. The maximum absolute atomic E-state index is 10.9. The minimum atomic E-state index is -1.53. The minimum absolute atomic E-state index is 0.0704. The molecule has 0 bridgehead atoms. The molecule has 0 saturated heterocycles. The van der Waals surface area contributed by atoms with Gasteiger partial charge < -0.3 is 10.2 Å². The summed E-state index contributed by atoms with van der Waals surface area (Å²) in [4.78, 5) is 24.6. The molecule has 0 unspecified atom stereocenters. The van der Waals surface area contributed by atoms with Gasteiger partial charge in [0.1, 0.15) is 5.56 Å². The molecule has 0 heterocycles. The van der Waals surface area contributed by atoms with Gasteiger partial charge >= 0.3 is 11.7 Å². The highest BCUT2D eigenvalue weighted by Gasteiger charge is 2.23. The van der Waals surface area contributed by atoms with Gasteiger partial charge in [0.2, 0.25) is 5.75 Å². The van der Waals surface area contributed by atoms with Crippen LogP contribution in [0, 0.1) is 21.6 Å². The van der Waals surface area contributed by atoms with Crippen molar-refractivity contribution >= 4 is 34.3 Å². The summed E-state index contributed by atoms with van der Waals surface area (Å²) in [7, 11) is 0. The van der Waals surface area contributed by atoms with Crippen molar-refractivity contribution in [2.45, 2.75) is 0 Å². The maximum atomic E-state index is 10.9. The molecular weight excluding hydrogens is 288 g/mol. The van der Waals surface area contributed by atoms with E-state index in [9.17, 15) is 20.0 Å². The van der Waals surface area contributed by atoms with Crippen LogP contribution in [-0.2, 0) is 0 Å². The molecule has 1 aromatic rings. The van der Waals surface area contributed by atoms with Gasteiger partial charge in [-0.25, -0.2) is 9.79 Å². The lowest BCUT2D eigenvalue weighted by molar-refractivity contribution is -0.385. The molecule has 0 spiro atoms. The van der Waals surface area contributed by atoms with Crippen molar-refractivity contribution in [2.24, 2.45) is 4.99 Å². The van der Waals surface area contributed by atoms with E-state index in [1.165, 1.54) is 0 Å². The van der Waals surface area contributed by atoms with Gasteiger partial charge in [-0.3, -0.25) is 15.4 Å². The van der Waals surface area contributed by atoms with Gasteiger partial charge in [-0.15, -0.1) is 0 Å². The number of amidine groups is 1. The number of nitro benzene ring substituents is 1. The molecule has 0 saturated carbocycles. The van der Waals surface area contributed by atoms with E-state index in [0.717, 1.165) is 23.9 Å². The first kappa shape index (κ1) is 15.3. The highest BCUT2D eigenvalue weighted by molar-refractivity contribution is 8.13. The number of rotatable bonds is 3. The lowest BCUT2D eigenvalue weighted by Crippen LogP contribution is -2.12. The molecule has 0 aliphatic heterocycles. The molecule has 0 aliphatic carbocycles. The predicted molar refractivity (Wildman–Crippen MR) is 71.1 cm³/mol. The van der Waals surface area contributed by atoms with Crippen LogP contribution in [-0.4, -0.2) is 32.5 Å². The first-order valence-electron chi connectivity index (χ1n) is 4.93. The quantitative estimate of drug-likeness (QED) is 0.189. The van der Waals surface area contributed by atoms with E-state index in [1.807, 2.05) is 0 Å². The summed E-state index contributed by atoms with van der Waals surface area (Å²) in [5.41, 5.74) is -1.49. The lowest BCUT2D eigenvalue weighted by Gasteiger charge is -2.04. The fraction of sp³-hybridized carbons (Fsp3) is 0.100. The standard InChI is InChI=1S/C10H8N4O5S/c1-20-10(12-4-11)13-5-2-6(9(16)17)8(15)7(3-5)14(18)19/h2-3,15H,1H3,(H,12,13)(H,16,17). The molecule has 0 aromatic heterocycles. The van der Waals surface area contributed by atoms with Crippen molar-refractivity contribution < 1.29 is 19.9 Å². The summed E-state index contributed by atoms with van der Waals surface area (Å²) in [6, 6.07) is 1.89. The van der Waals surface area contributed by atoms with E-state index in [1.54, 1.807) is 12.4 Å². The fourth-order valence-electron chi connectivity index (χ4n) is 1.26. The largest absolute Gasteiger partial charge is 0.501 e. The topological polar surface area (TPSA) is 149 Å². The van der Waals surface area contributed by atoms with Crippen LogP contribution >= 0.6 is 11.8 Å². The van der Waals surface area contributed by atoms with Crippen molar-refractivity contribution in [3.63, 3.8) is 0 Å². The predicted octanol–water partition coefficient (Wildman–Crippen LogP) is 1.42. The number of nitrogens with zero attached hydrogens (tertiary/aromatic N) is 3. The number of nitrogens with one attached hydrogen (secondary N) is 1. The smallest absolute Gasteiger partial charge is 0.339 e. The van der Waals surface area contributed by atoms with Crippen molar-refractivity contribution in [1.82, 2.24) is 5.32 Å². The Bertz CT molecular complexity index is 602. The van der Waals surface area contributed by atoms with E-state index in [4.69, 9.17) is 10.4 Å². The number of aromatic carboxylic acids is 1. The molecule has 1 rings (SSSR count). The Kier molecular flexibility index (Phi) is 4.88. The first-order valence-corrected chi connectivity index (χ1v) is 6.15. The zero-order valence-electron chi connectivity index (χ0n) is 10.0. The van der Waals surface area contributed by atoms with Crippen LogP contribution in [0.4, 0.5) is 11.4 Å². The third-order valence-electron chi connectivity index (χ3n) is 2.09. The number of carbonyl (C=O) groups is 1. The summed E-state index contributed by atoms with van der Waals surface area (Å²) in [5, 5.41) is 40.0. The van der Waals surface area contributed by atoms with Crippen LogP contribution in [0.5, 0.6) is 5.75 Å². The van der Waals surface area contributed by atoms with Crippen LogP contribution in [0.15, 0.2) is 17.1 Å². The summed E-state index contributed by atoms with van der Waals surface area (Å²) >= 11 is 1.06. The van der Waals surface area contributed by atoms with Crippen molar-refractivity contribution in [3.05, 3.63) is 27.8 Å². The first-order chi connectivity index (χ1) is 9.40. The second-order valence-corrected chi connectivity index (χ2v) is 4.08. The number of nitriles is 1. The van der Waals surface area contributed by atoms with E-state index < -0.39 is 27.9 Å². The van der Waals surface area contributed by atoms with Crippen LogP contribution in [0.25, 0.3) is 0 Å². The zero-order chi connectivity index (χ0) is 15.3. The number of phenols is 1. The number of carboxylic acid groups (broad SMARTS) is 1. The normalized spacial score (nSPS) is 10.7. The number of aliphatic imine (C=N–C) groups is 1. The van der Waals surface area contributed by atoms with Crippen LogP contribution < -0.4 is 5.32 Å². The number of hydrogen-bond donors (Lipinski definition) is 3. The van der Waals surface area contributed by atoms with E-state index in [0.29, 0.717) is 0 Å². The van der Waals surface area contributed by atoms with Crippen LogP contribution in [0.1, 0.15) is 10.4 Å².